The standard InChI is InChI=1S/C20H15Cl2NS/c1-14-2-5-17(22)12-20(14)23-13-15-3-8-18(9-4-15)24-19-10-6-16(21)7-11-19/h2-13H,1H3. The monoisotopic (exact) mass is 371 g/mol. The van der Waals surface area contributed by atoms with Crippen LogP contribution in [0.4, 0.5) is 5.69 Å². The molecule has 0 aliphatic heterocycles. The van der Waals surface area contributed by atoms with Crippen LogP contribution in [0.1, 0.15) is 11.1 Å². The molecule has 0 radical (unpaired) electrons. The molecule has 0 N–H and O–H groups in total. The van der Waals surface area contributed by atoms with Crippen molar-refractivity contribution in [3.8, 4) is 0 Å². The quantitative estimate of drug-likeness (QED) is 0.441. The number of hydrogen-bond donors (Lipinski definition) is 0. The summed E-state index contributed by atoms with van der Waals surface area (Å²) in [6.07, 6.45) is 1.86. The van der Waals surface area contributed by atoms with Crippen molar-refractivity contribution in [1.29, 1.82) is 0 Å². The molecule has 0 spiro atoms. The molecule has 3 aromatic carbocycles. The molecule has 120 valence electrons. The third kappa shape index (κ3) is 4.64. The normalized spacial score (nSPS) is 11.1. The summed E-state index contributed by atoms with van der Waals surface area (Å²) < 4.78 is 0. The zero-order valence-electron chi connectivity index (χ0n) is 13.0. The van der Waals surface area contributed by atoms with E-state index >= 15 is 0 Å². The summed E-state index contributed by atoms with van der Waals surface area (Å²) in [7, 11) is 0. The van der Waals surface area contributed by atoms with Gasteiger partial charge >= 0.3 is 0 Å². The number of halogens is 2. The van der Waals surface area contributed by atoms with Gasteiger partial charge in [-0.1, -0.05) is 53.2 Å². The van der Waals surface area contributed by atoms with E-state index in [1.807, 2.05) is 55.6 Å². The van der Waals surface area contributed by atoms with Crippen molar-refractivity contribution in [2.24, 2.45) is 4.99 Å². The van der Waals surface area contributed by atoms with Crippen molar-refractivity contribution in [3.63, 3.8) is 0 Å². The first-order valence-corrected chi connectivity index (χ1v) is 9.01. The second-order valence-electron chi connectivity index (χ2n) is 5.31. The van der Waals surface area contributed by atoms with Crippen LogP contribution in [0.25, 0.3) is 0 Å². The van der Waals surface area contributed by atoms with Crippen molar-refractivity contribution in [2.75, 3.05) is 0 Å². The molecule has 0 aliphatic carbocycles. The number of benzene rings is 3. The second-order valence-corrected chi connectivity index (χ2v) is 7.33. The number of nitrogens with zero attached hydrogens (tertiary/aromatic N) is 1. The minimum absolute atomic E-state index is 0.697. The van der Waals surface area contributed by atoms with E-state index in [2.05, 4.69) is 29.3 Å². The van der Waals surface area contributed by atoms with E-state index in [0.717, 1.165) is 26.7 Å². The zero-order chi connectivity index (χ0) is 16.9. The Labute approximate surface area is 156 Å². The summed E-state index contributed by atoms with van der Waals surface area (Å²) in [4.78, 5) is 6.87. The fourth-order valence-corrected chi connectivity index (χ4v) is 3.24. The van der Waals surface area contributed by atoms with E-state index in [1.54, 1.807) is 11.8 Å². The van der Waals surface area contributed by atoms with Gasteiger partial charge < -0.3 is 0 Å². The van der Waals surface area contributed by atoms with Gasteiger partial charge in [-0.3, -0.25) is 4.99 Å². The Morgan fingerprint density at radius 2 is 1.38 bits per heavy atom. The minimum Gasteiger partial charge on any atom is -0.256 e. The van der Waals surface area contributed by atoms with E-state index < -0.39 is 0 Å². The molecule has 0 fully saturated rings. The van der Waals surface area contributed by atoms with E-state index in [9.17, 15) is 0 Å². The lowest BCUT2D eigenvalue weighted by Crippen LogP contribution is -1.82. The molecule has 0 atom stereocenters. The smallest absolute Gasteiger partial charge is 0.0673 e. The Morgan fingerprint density at radius 3 is 2.04 bits per heavy atom. The fourth-order valence-electron chi connectivity index (χ4n) is 2.13. The number of aryl methyl sites for hydroxylation is 1. The number of aliphatic imine (C=N–C) groups is 1. The van der Waals surface area contributed by atoms with Crippen molar-refractivity contribution in [3.05, 3.63) is 87.9 Å². The zero-order valence-corrected chi connectivity index (χ0v) is 15.4. The summed E-state index contributed by atoms with van der Waals surface area (Å²) in [5.41, 5.74) is 3.04. The molecule has 0 saturated heterocycles. The summed E-state index contributed by atoms with van der Waals surface area (Å²) in [6.45, 7) is 2.02. The van der Waals surface area contributed by atoms with Crippen LogP contribution in [0.3, 0.4) is 0 Å². The van der Waals surface area contributed by atoms with Crippen LogP contribution in [0.2, 0.25) is 10.0 Å². The number of rotatable bonds is 4. The van der Waals surface area contributed by atoms with Crippen LogP contribution >= 0.6 is 35.0 Å². The van der Waals surface area contributed by atoms with Crippen molar-refractivity contribution in [2.45, 2.75) is 16.7 Å². The first kappa shape index (κ1) is 17.1. The highest BCUT2D eigenvalue weighted by molar-refractivity contribution is 7.99. The van der Waals surface area contributed by atoms with E-state index in [0.29, 0.717) is 5.02 Å². The molecule has 0 aliphatic rings. The van der Waals surface area contributed by atoms with E-state index in [4.69, 9.17) is 23.2 Å². The maximum atomic E-state index is 6.02. The van der Waals surface area contributed by atoms with Gasteiger partial charge in [0.05, 0.1) is 5.69 Å². The lowest BCUT2D eigenvalue weighted by atomic mass is 10.2. The average molecular weight is 372 g/mol. The minimum atomic E-state index is 0.697. The van der Waals surface area contributed by atoms with Crippen LogP contribution in [0, 0.1) is 6.92 Å². The molecule has 24 heavy (non-hydrogen) atoms. The Balaban J connectivity index is 1.71. The van der Waals surface area contributed by atoms with E-state index in [1.165, 1.54) is 4.90 Å². The molecule has 0 saturated carbocycles. The molecular formula is C20H15Cl2NS. The summed E-state index contributed by atoms with van der Waals surface area (Å²) >= 11 is 13.6. The maximum absolute atomic E-state index is 6.02. The lowest BCUT2D eigenvalue weighted by molar-refractivity contribution is 1.39. The highest BCUT2D eigenvalue weighted by Gasteiger charge is 1.99. The fraction of sp³-hybridized carbons (Fsp3) is 0.0500. The Kier molecular flexibility index (Phi) is 5.62. The Bertz CT molecular complexity index is 856. The van der Waals surface area contributed by atoms with Crippen molar-refractivity contribution < 1.29 is 0 Å². The molecule has 0 bridgehead atoms. The molecule has 1 nitrogen and oxygen atoms in total. The van der Waals surface area contributed by atoms with Gasteiger partial charge in [0.25, 0.3) is 0 Å². The second kappa shape index (κ2) is 7.89. The van der Waals surface area contributed by atoms with Gasteiger partial charge in [0.15, 0.2) is 0 Å². The van der Waals surface area contributed by atoms with Crippen LogP contribution < -0.4 is 0 Å². The first-order valence-electron chi connectivity index (χ1n) is 7.44. The van der Waals surface area contributed by atoms with E-state index in [-0.39, 0.29) is 0 Å². The van der Waals surface area contributed by atoms with Crippen LogP contribution in [0.5, 0.6) is 0 Å². The molecule has 0 aromatic heterocycles. The largest absolute Gasteiger partial charge is 0.256 e. The van der Waals surface area contributed by atoms with Gasteiger partial charge in [-0.05, 0) is 66.6 Å². The average Bonchev–Trinajstić information content (AvgIpc) is 2.59. The third-order valence-electron chi connectivity index (χ3n) is 3.45. The highest BCUT2D eigenvalue weighted by atomic mass is 35.5. The Morgan fingerprint density at radius 1 is 0.792 bits per heavy atom. The molecule has 3 aromatic rings. The van der Waals surface area contributed by atoms with Gasteiger partial charge in [-0.25, -0.2) is 0 Å². The predicted molar refractivity (Wildman–Crippen MR) is 105 cm³/mol. The molecule has 0 heterocycles. The van der Waals surface area contributed by atoms with Crippen LogP contribution in [0.15, 0.2) is 81.5 Å². The summed E-state index contributed by atoms with van der Waals surface area (Å²) in [6, 6.07) is 21.9. The molecule has 4 heteroatoms. The molecule has 3 rings (SSSR count). The molecule has 0 amide bonds. The van der Waals surface area contributed by atoms with Crippen LogP contribution in [-0.2, 0) is 0 Å². The Hall–Kier alpha value is -1.74. The maximum Gasteiger partial charge on any atom is 0.0673 e. The van der Waals surface area contributed by atoms with Crippen molar-refractivity contribution >= 4 is 46.9 Å². The first-order chi connectivity index (χ1) is 11.6. The van der Waals surface area contributed by atoms with Crippen molar-refractivity contribution in [1.82, 2.24) is 0 Å². The van der Waals surface area contributed by atoms with Gasteiger partial charge in [0.2, 0.25) is 0 Å². The topological polar surface area (TPSA) is 12.4 Å². The SMILES string of the molecule is Cc1ccc(Cl)cc1N=Cc1ccc(Sc2ccc(Cl)cc2)cc1. The summed E-state index contributed by atoms with van der Waals surface area (Å²) in [5.74, 6) is 0. The van der Waals surface area contributed by atoms with Gasteiger partial charge in [0.1, 0.15) is 0 Å². The van der Waals surface area contributed by atoms with Crippen LogP contribution in [-0.4, -0.2) is 6.21 Å². The predicted octanol–water partition coefficient (Wildman–Crippen LogP) is 7.20. The van der Waals surface area contributed by atoms with Gasteiger partial charge in [-0.15, -0.1) is 0 Å². The van der Waals surface area contributed by atoms with Gasteiger partial charge in [-0.2, -0.15) is 0 Å². The lowest BCUT2D eigenvalue weighted by Gasteiger charge is -2.03. The highest BCUT2D eigenvalue weighted by Crippen LogP contribution is 2.28. The summed E-state index contributed by atoms with van der Waals surface area (Å²) in [5, 5.41) is 1.45. The molecule has 0 unspecified atom stereocenters. The molecular weight excluding hydrogens is 357 g/mol. The number of hydrogen-bond acceptors (Lipinski definition) is 2. The third-order valence-corrected chi connectivity index (χ3v) is 4.96. The van der Waals surface area contributed by atoms with Gasteiger partial charge in [0, 0.05) is 26.1 Å².